The zero-order valence-corrected chi connectivity index (χ0v) is 9.12. The average molecular weight is 196 g/mol. The predicted molar refractivity (Wildman–Crippen MR) is 55.7 cm³/mol. The van der Waals surface area contributed by atoms with Gasteiger partial charge in [0, 0.05) is 12.6 Å². The summed E-state index contributed by atoms with van der Waals surface area (Å²) in [5, 5.41) is 0. The van der Waals surface area contributed by atoms with E-state index >= 15 is 0 Å². The molecule has 0 aromatic heterocycles. The Balaban J connectivity index is 2.04. The van der Waals surface area contributed by atoms with Crippen LogP contribution < -0.4 is 5.73 Å². The maximum absolute atomic E-state index is 11.8. The number of carbonyl (C=O) groups excluding carboxylic acids is 1. The van der Waals surface area contributed by atoms with Crippen molar-refractivity contribution >= 4 is 5.91 Å². The van der Waals surface area contributed by atoms with E-state index < -0.39 is 0 Å². The summed E-state index contributed by atoms with van der Waals surface area (Å²) in [5.74, 6) is 0.128. The van der Waals surface area contributed by atoms with Gasteiger partial charge >= 0.3 is 0 Å². The quantitative estimate of drug-likeness (QED) is 0.683. The third kappa shape index (κ3) is 1.65. The van der Waals surface area contributed by atoms with Crippen LogP contribution in [0.15, 0.2) is 0 Å². The van der Waals surface area contributed by atoms with Gasteiger partial charge in [-0.2, -0.15) is 0 Å². The molecule has 0 radical (unpaired) electrons. The molecule has 1 spiro atoms. The molecule has 0 bridgehead atoms. The van der Waals surface area contributed by atoms with Crippen molar-refractivity contribution in [1.82, 2.24) is 4.90 Å². The lowest BCUT2D eigenvalue weighted by molar-refractivity contribution is -0.137. The molecule has 1 aliphatic carbocycles. The molecule has 1 amide bonds. The van der Waals surface area contributed by atoms with E-state index in [9.17, 15) is 4.79 Å². The second kappa shape index (κ2) is 3.23. The molecule has 1 saturated heterocycles. The first kappa shape index (κ1) is 9.97. The molecule has 2 aliphatic rings. The maximum Gasteiger partial charge on any atom is 0.239 e. The number of carbonyl (C=O) groups is 1. The molecular formula is C11H20N2O. The van der Waals surface area contributed by atoms with Crippen LogP contribution in [0.4, 0.5) is 0 Å². The number of hydrogen-bond acceptors (Lipinski definition) is 2. The zero-order chi connectivity index (χ0) is 10.3. The molecule has 1 unspecified atom stereocenters. The Bertz CT molecular complexity index is 246. The lowest BCUT2D eigenvalue weighted by Gasteiger charge is -2.39. The Labute approximate surface area is 85.6 Å². The Morgan fingerprint density at radius 2 is 2.14 bits per heavy atom. The Hall–Kier alpha value is -0.570. The molecule has 2 N–H and O–H groups in total. The van der Waals surface area contributed by atoms with Crippen LogP contribution in [0.25, 0.3) is 0 Å². The van der Waals surface area contributed by atoms with Gasteiger partial charge in [-0.1, -0.05) is 0 Å². The predicted octanol–water partition coefficient (Wildman–Crippen LogP) is 1.12. The van der Waals surface area contributed by atoms with Crippen LogP contribution >= 0.6 is 0 Å². The summed E-state index contributed by atoms with van der Waals surface area (Å²) in [6.45, 7) is 4.87. The summed E-state index contributed by atoms with van der Waals surface area (Å²) in [4.78, 5) is 13.8. The molecule has 80 valence electrons. The van der Waals surface area contributed by atoms with Crippen molar-refractivity contribution in [2.24, 2.45) is 11.1 Å². The van der Waals surface area contributed by atoms with Crippen LogP contribution in [0, 0.1) is 5.41 Å². The fourth-order valence-electron chi connectivity index (χ4n) is 2.41. The van der Waals surface area contributed by atoms with Crippen LogP contribution in [0.3, 0.4) is 0 Å². The van der Waals surface area contributed by atoms with E-state index in [4.69, 9.17) is 5.73 Å². The van der Waals surface area contributed by atoms with Gasteiger partial charge in [-0.3, -0.25) is 4.79 Å². The normalized spacial score (nSPS) is 31.6. The molecule has 3 heteroatoms. The monoisotopic (exact) mass is 196 g/mol. The Morgan fingerprint density at radius 1 is 1.50 bits per heavy atom. The van der Waals surface area contributed by atoms with E-state index in [1.54, 1.807) is 6.92 Å². The van der Waals surface area contributed by atoms with Crippen LogP contribution in [-0.2, 0) is 4.79 Å². The van der Waals surface area contributed by atoms with Gasteiger partial charge in [0.2, 0.25) is 5.91 Å². The van der Waals surface area contributed by atoms with Gasteiger partial charge in [0.1, 0.15) is 0 Å². The van der Waals surface area contributed by atoms with Crippen molar-refractivity contribution in [2.45, 2.75) is 51.6 Å². The van der Waals surface area contributed by atoms with E-state index in [1.165, 1.54) is 19.3 Å². The Kier molecular flexibility index (Phi) is 2.30. The van der Waals surface area contributed by atoms with Gasteiger partial charge in [-0.15, -0.1) is 0 Å². The number of likely N-dealkylation sites (tertiary alicyclic amines) is 1. The molecule has 2 atom stereocenters. The van der Waals surface area contributed by atoms with Crippen LogP contribution in [0.2, 0.25) is 0 Å². The first-order chi connectivity index (χ1) is 6.54. The van der Waals surface area contributed by atoms with E-state index in [-0.39, 0.29) is 11.9 Å². The minimum Gasteiger partial charge on any atom is -0.338 e. The summed E-state index contributed by atoms with van der Waals surface area (Å²) in [7, 11) is 0. The molecule has 2 rings (SSSR count). The highest BCUT2D eigenvalue weighted by molar-refractivity contribution is 5.81. The summed E-state index contributed by atoms with van der Waals surface area (Å²) in [6, 6.07) is 0.0473. The van der Waals surface area contributed by atoms with Crippen LogP contribution in [0.1, 0.15) is 39.5 Å². The van der Waals surface area contributed by atoms with Crippen molar-refractivity contribution in [3.63, 3.8) is 0 Å². The minimum atomic E-state index is -0.341. The highest BCUT2D eigenvalue weighted by atomic mass is 16.2. The van der Waals surface area contributed by atoms with Gasteiger partial charge in [0.05, 0.1) is 6.04 Å². The number of nitrogens with zero attached hydrogens (tertiary/aromatic N) is 1. The number of amides is 1. The third-order valence-electron chi connectivity index (χ3n) is 3.76. The summed E-state index contributed by atoms with van der Waals surface area (Å²) in [5.41, 5.74) is 6.14. The van der Waals surface area contributed by atoms with Gasteiger partial charge in [-0.25, -0.2) is 0 Å². The minimum absolute atomic E-state index is 0.128. The SMILES string of the molecule is CC1CCC2(CC2)CN1C(=O)[C@@H](C)N. The molecule has 1 aliphatic heterocycles. The first-order valence-electron chi connectivity index (χ1n) is 5.60. The van der Waals surface area contributed by atoms with Crippen molar-refractivity contribution in [1.29, 1.82) is 0 Å². The fraction of sp³-hybridized carbons (Fsp3) is 0.909. The number of piperidine rings is 1. The topological polar surface area (TPSA) is 46.3 Å². The van der Waals surface area contributed by atoms with E-state index in [0.717, 1.165) is 13.0 Å². The Morgan fingerprint density at radius 3 is 2.64 bits per heavy atom. The summed E-state index contributed by atoms with van der Waals surface area (Å²) < 4.78 is 0. The molecule has 1 heterocycles. The van der Waals surface area contributed by atoms with Gasteiger partial charge in [0.25, 0.3) is 0 Å². The molecule has 1 saturated carbocycles. The van der Waals surface area contributed by atoms with Crippen molar-refractivity contribution in [3.05, 3.63) is 0 Å². The zero-order valence-electron chi connectivity index (χ0n) is 9.12. The molecular weight excluding hydrogens is 176 g/mol. The second-order valence-electron chi connectivity index (χ2n) is 5.14. The molecule has 0 aromatic rings. The highest BCUT2D eigenvalue weighted by Gasteiger charge is 2.48. The van der Waals surface area contributed by atoms with Gasteiger partial charge in [0.15, 0.2) is 0 Å². The lowest BCUT2D eigenvalue weighted by atomic mass is 9.90. The summed E-state index contributed by atoms with van der Waals surface area (Å²) >= 11 is 0. The van der Waals surface area contributed by atoms with Crippen molar-refractivity contribution in [3.8, 4) is 0 Å². The van der Waals surface area contributed by atoms with Gasteiger partial charge < -0.3 is 10.6 Å². The van der Waals surface area contributed by atoms with Gasteiger partial charge in [-0.05, 0) is 44.9 Å². The van der Waals surface area contributed by atoms with E-state index in [0.29, 0.717) is 11.5 Å². The lowest BCUT2D eigenvalue weighted by Crippen LogP contribution is -2.51. The summed E-state index contributed by atoms with van der Waals surface area (Å²) in [6.07, 6.45) is 5.07. The standard InChI is InChI=1S/C11H20N2O/c1-8-3-4-11(5-6-11)7-13(8)10(14)9(2)12/h8-9H,3-7,12H2,1-2H3/t8?,9-/m1/s1. The van der Waals surface area contributed by atoms with Crippen molar-refractivity contribution < 1.29 is 4.79 Å². The molecule has 0 aromatic carbocycles. The van der Waals surface area contributed by atoms with Crippen LogP contribution in [0.5, 0.6) is 0 Å². The second-order valence-corrected chi connectivity index (χ2v) is 5.14. The van der Waals surface area contributed by atoms with Crippen molar-refractivity contribution in [2.75, 3.05) is 6.54 Å². The van der Waals surface area contributed by atoms with Crippen LogP contribution in [-0.4, -0.2) is 29.4 Å². The number of rotatable bonds is 1. The average Bonchev–Trinajstić information content (AvgIpc) is 2.89. The molecule has 14 heavy (non-hydrogen) atoms. The third-order valence-corrected chi connectivity index (χ3v) is 3.76. The molecule has 2 fully saturated rings. The maximum atomic E-state index is 11.8. The van der Waals surface area contributed by atoms with E-state index in [2.05, 4.69) is 6.92 Å². The highest BCUT2D eigenvalue weighted by Crippen LogP contribution is 2.53. The van der Waals surface area contributed by atoms with E-state index in [1.807, 2.05) is 4.90 Å². The smallest absolute Gasteiger partial charge is 0.239 e. The first-order valence-corrected chi connectivity index (χ1v) is 5.60. The molecule has 3 nitrogen and oxygen atoms in total. The number of nitrogens with two attached hydrogens (primary N) is 1. The fourth-order valence-corrected chi connectivity index (χ4v) is 2.41. The number of hydrogen-bond donors (Lipinski definition) is 1. The largest absolute Gasteiger partial charge is 0.338 e.